The third-order valence-electron chi connectivity index (χ3n) is 5.89. The molecule has 4 rings (SSSR count). The van der Waals surface area contributed by atoms with Crippen molar-refractivity contribution in [2.45, 2.75) is 39.7 Å². The van der Waals surface area contributed by atoms with Gasteiger partial charge in [0, 0.05) is 24.7 Å². The molecule has 1 radical (unpaired) electrons. The number of hydrogen-bond acceptors (Lipinski definition) is 4. The summed E-state index contributed by atoms with van der Waals surface area (Å²) in [5.41, 5.74) is 0.490. The molecule has 0 spiro atoms. The van der Waals surface area contributed by atoms with Gasteiger partial charge in [-0.1, -0.05) is 13.8 Å². The fourth-order valence-corrected chi connectivity index (χ4v) is 4.33. The van der Waals surface area contributed by atoms with E-state index in [0.717, 1.165) is 25.9 Å². The van der Waals surface area contributed by atoms with Crippen LogP contribution < -0.4 is 22.0 Å². The zero-order valence-electron chi connectivity index (χ0n) is 15.3. The monoisotopic (exact) mass is 359 g/mol. The Morgan fingerprint density at radius 3 is 2.54 bits per heavy atom. The van der Waals surface area contributed by atoms with Gasteiger partial charge >= 0.3 is 5.69 Å². The van der Waals surface area contributed by atoms with Crippen molar-refractivity contribution in [1.82, 2.24) is 9.24 Å². The number of benzene rings is 1. The van der Waals surface area contributed by atoms with Gasteiger partial charge in [0.2, 0.25) is 0 Å². The number of rotatable bonds is 3. The number of aryl methyl sites for hydroxylation is 1. The summed E-state index contributed by atoms with van der Waals surface area (Å²) in [5, 5.41) is 0.170. The summed E-state index contributed by atoms with van der Waals surface area (Å²) in [6, 6.07) is 1.28. The largest absolute Gasteiger partial charge is 0.368 e. The molecule has 1 saturated heterocycles. The third-order valence-corrected chi connectivity index (χ3v) is 5.89. The molecule has 2 fully saturated rings. The van der Waals surface area contributed by atoms with Gasteiger partial charge in [0.1, 0.15) is 5.82 Å². The molecule has 2 atom stereocenters. The molecule has 1 aliphatic carbocycles. The second kappa shape index (κ2) is 5.86. The van der Waals surface area contributed by atoms with Crippen molar-refractivity contribution in [1.29, 1.82) is 0 Å². The Hall–Kier alpha value is -2.31. The van der Waals surface area contributed by atoms with Gasteiger partial charge in [-0.25, -0.2) is 9.18 Å². The lowest BCUT2D eigenvalue weighted by Crippen LogP contribution is -2.44. The molecule has 0 bridgehead atoms. The van der Waals surface area contributed by atoms with E-state index in [4.69, 9.17) is 5.84 Å². The molecule has 1 saturated carbocycles. The Kier molecular flexibility index (Phi) is 3.86. The lowest BCUT2D eigenvalue weighted by atomic mass is 9.96. The highest BCUT2D eigenvalue weighted by Crippen LogP contribution is 2.40. The van der Waals surface area contributed by atoms with Crippen molar-refractivity contribution >= 4 is 16.6 Å². The molecular formula is C19H24FN4O2. The van der Waals surface area contributed by atoms with Gasteiger partial charge in [0.05, 0.1) is 16.6 Å². The number of aromatic nitrogens is 2. The number of halogens is 1. The molecule has 26 heavy (non-hydrogen) atoms. The van der Waals surface area contributed by atoms with Crippen molar-refractivity contribution < 1.29 is 4.39 Å². The lowest BCUT2D eigenvalue weighted by molar-refractivity contribution is 0.512. The van der Waals surface area contributed by atoms with Crippen LogP contribution >= 0.6 is 0 Å². The van der Waals surface area contributed by atoms with Crippen molar-refractivity contribution in [3.05, 3.63) is 44.7 Å². The minimum Gasteiger partial charge on any atom is -0.368 e. The van der Waals surface area contributed by atoms with Crippen LogP contribution in [0.5, 0.6) is 0 Å². The van der Waals surface area contributed by atoms with E-state index < -0.39 is 17.1 Å². The summed E-state index contributed by atoms with van der Waals surface area (Å²) in [6.45, 7) is 7.48. The SMILES string of the molecule is C[CH]C1CN(c2c(F)cc3c(=O)n(N)c(=O)n(C4CC4)c3c2C)CC1C. The van der Waals surface area contributed by atoms with E-state index in [1.165, 1.54) is 6.07 Å². The first-order valence-corrected chi connectivity index (χ1v) is 9.15. The maximum atomic E-state index is 15.0. The minimum atomic E-state index is -0.648. The first-order valence-electron chi connectivity index (χ1n) is 9.15. The molecular weight excluding hydrogens is 335 g/mol. The normalized spacial score (nSPS) is 23.2. The summed E-state index contributed by atoms with van der Waals surface area (Å²) >= 11 is 0. The number of nitrogens with zero attached hydrogens (tertiary/aromatic N) is 3. The first kappa shape index (κ1) is 17.1. The van der Waals surface area contributed by atoms with Crippen LogP contribution in [0.2, 0.25) is 0 Å². The summed E-state index contributed by atoms with van der Waals surface area (Å²) in [6.07, 6.45) is 3.89. The van der Waals surface area contributed by atoms with Gasteiger partial charge in [-0.15, -0.1) is 0 Å². The molecule has 0 amide bonds. The second-order valence-electron chi connectivity index (χ2n) is 7.67. The summed E-state index contributed by atoms with van der Waals surface area (Å²) in [4.78, 5) is 27.1. The quantitative estimate of drug-likeness (QED) is 0.850. The fourth-order valence-electron chi connectivity index (χ4n) is 4.33. The standard InChI is InChI=1S/C19H24FN4O2/c1-4-12-9-22(8-10(12)2)17-11(3)16-14(7-15(17)20)18(25)24(21)19(26)23(16)13-5-6-13/h4,7,10,12-13H,5-6,8-9,21H2,1-3H3. The van der Waals surface area contributed by atoms with Gasteiger partial charge < -0.3 is 10.7 Å². The van der Waals surface area contributed by atoms with Crippen molar-refractivity contribution in [3.8, 4) is 0 Å². The minimum absolute atomic E-state index is 0.0339. The first-order chi connectivity index (χ1) is 12.3. The smallest absolute Gasteiger partial charge is 0.350 e. The highest BCUT2D eigenvalue weighted by molar-refractivity contribution is 5.87. The zero-order chi connectivity index (χ0) is 18.7. The van der Waals surface area contributed by atoms with Gasteiger partial charge in [-0.2, -0.15) is 4.68 Å². The molecule has 2 N–H and O–H groups in total. The third kappa shape index (κ3) is 2.36. The molecule has 7 heteroatoms. The predicted octanol–water partition coefficient (Wildman–Crippen LogP) is 1.96. The van der Waals surface area contributed by atoms with Gasteiger partial charge in [0.25, 0.3) is 5.56 Å². The average molecular weight is 359 g/mol. The summed E-state index contributed by atoms with van der Waals surface area (Å²) in [7, 11) is 0. The van der Waals surface area contributed by atoms with Crippen LogP contribution in [0.4, 0.5) is 10.1 Å². The topological polar surface area (TPSA) is 73.3 Å². The zero-order valence-corrected chi connectivity index (χ0v) is 15.3. The molecule has 1 aromatic heterocycles. The van der Waals surface area contributed by atoms with Crippen LogP contribution in [-0.2, 0) is 0 Å². The van der Waals surface area contributed by atoms with Crippen molar-refractivity contribution in [3.63, 3.8) is 0 Å². The van der Waals surface area contributed by atoms with Gasteiger partial charge in [-0.05, 0) is 44.1 Å². The molecule has 2 aliphatic rings. The number of nitrogen functional groups attached to an aromatic ring is 1. The van der Waals surface area contributed by atoms with E-state index in [1.807, 2.05) is 11.8 Å². The Balaban J connectivity index is 2.00. The van der Waals surface area contributed by atoms with Crippen molar-refractivity contribution in [2.24, 2.45) is 11.8 Å². The van der Waals surface area contributed by atoms with Crippen LogP contribution in [0.25, 0.3) is 10.9 Å². The number of hydrogen-bond donors (Lipinski definition) is 1. The predicted molar refractivity (Wildman–Crippen MR) is 100 cm³/mol. The Labute approximate surface area is 151 Å². The fraction of sp³-hybridized carbons (Fsp3) is 0.526. The van der Waals surface area contributed by atoms with Crippen LogP contribution in [0, 0.1) is 31.0 Å². The average Bonchev–Trinajstić information content (AvgIpc) is 3.37. The van der Waals surface area contributed by atoms with Crippen LogP contribution in [0.1, 0.15) is 38.3 Å². The molecule has 6 nitrogen and oxygen atoms in total. The Bertz CT molecular complexity index is 1010. The summed E-state index contributed by atoms with van der Waals surface area (Å²) < 4.78 is 17.2. The van der Waals surface area contributed by atoms with E-state index in [9.17, 15) is 9.59 Å². The molecule has 2 aromatic rings. The molecule has 2 unspecified atom stereocenters. The highest BCUT2D eigenvalue weighted by atomic mass is 19.1. The number of anilines is 1. The Morgan fingerprint density at radius 1 is 1.27 bits per heavy atom. The molecule has 139 valence electrons. The molecule has 1 aromatic carbocycles. The van der Waals surface area contributed by atoms with E-state index in [1.54, 1.807) is 11.5 Å². The molecule has 2 heterocycles. The van der Waals surface area contributed by atoms with E-state index in [-0.39, 0.29) is 11.4 Å². The lowest BCUT2D eigenvalue weighted by Gasteiger charge is -2.24. The number of fused-ring (bicyclic) bond motifs is 1. The Morgan fingerprint density at radius 2 is 1.96 bits per heavy atom. The molecule has 1 aliphatic heterocycles. The van der Waals surface area contributed by atoms with E-state index in [2.05, 4.69) is 13.3 Å². The maximum Gasteiger partial charge on any atom is 0.350 e. The summed E-state index contributed by atoms with van der Waals surface area (Å²) in [5.74, 6) is 6.05. The van der Waals surface area contributed by atoms with Crippen LogP contribution in [0.3, 0.4) is 0 Å². The van der Waals surface area contributed by atoms with Crippen LogP contribution in [-0.4, -0.2) is 22.3 Å². The van der Waals surface area contributed by atoms with Crippen molar-refractivity contribution in [2.75, 3.05) is 23.8 Å². The highest BCUT2D eigenvalue weighted by Gasteiger charge is 2.34. The second-order valence-corrected chi connectivity index (χ2v) is 7.67. The number of nitrogens with two attached hydrogens (primary N) is 1. The van der Waals surface area contributed by atoms with E-state index >= 15 is 4.39 Å². The van der Waals surface area contributed by atoms with E-state index in [0.29, 0.717) is 33.3 Å². The van der Waals surface area contributed by atoms with Gasteiger partial charge in [-0.3, -0.25) is 9.36 Å². The van der Waals surface area contributed by atoms with Gasteiger partial charge in [0.15, 0.2) is 0 Å². The maximum absolute atomic E-state index is 15.0. The van der Waals surface area contributed by atoms with Crippen LogP contribution in [0.15, 0.2) is 15.7 Å².